The van der Waals surface area contributed by atoms with Gasteiger partial charge in [-0.3, -0.25) is 4.79 Å². The monoisotopic (exact) mass is 395 g/mol. The van der Waals surface area contributed by atoms with E-state index >= 15 is 0 Å². The van der Waals surface area contributed by atoms with Crippen LogP contribution in [0.5, 0.6) is 0 Å². The van der Waals surface area contributed by atoms with Crippen LogP contribution in [0.15, 0.2) is 53.0 Å². The van der Waals surface area contributed by atoms with Gasteiger partial charge in [0.05, 0.1) is 5.69 Å². The van der Waals surface area contributed by atoms with Gasteiger partial charge in [0.25, 0.3) is 0 Å². The van der Waals surface area contributed by atoms with Gasteiger partial charge in [0, 0.05) is 15.2 Å². The fourth-order valence-corrected chi connectivity index (χ4v) is 2.81. The molecule has 1 aliphatic rings. The second-order valence-electron chi connectivity index (χ2n) is 4.99. The van der Waals surface area contributed by atoms with E-state index in [9.17, 15) is 4.79 Å². The summed E-state index contributed by atoms with van der Waals surface area (Å²) in [6.07, 6.45) is -0.337. The molecule has 2 aromatic rings. The number of para-hydroxylation sites is 1. The van der Waals surface area contributed by atoms with E-state index in [-0.39, 0.29) is 12.1 Å². The molecule has 0 saturated carbocycles. The number of hydrazine groups is 2. The number of hydrogen-bond acceptors (Lipinski definition) is 5. The maximum atomic E-state index is 12.5. The number of anilines is 2. The van der Waals surface area contributed by atoms with Gasteiger partial charge in [0.2, 0.25) is 5.91 Å². The van der Waals surface area contributed by atoms with Crippen LogP contribution in [-0.4, -0.2) is 18.1 Å². The molecule has 2 atom stereocenters. The first-order valence-corrected chi connectivity index (χ1v) is 8.14. The fraction of sp³-hybridized carbons (Fsp3) is 0.133. The molecule has 0 bridgehead atoms. The number of benzene rings is 2. The van der Waals surface area contributed by atoms with Crippen molar-refractivity contribution >= 4 is 44.8 Å². The SMILES string of the molecule is O=C(Nc1ccccc1Br)C1NNNC1Nc1cccc(Cl)c1. The number of carbonyl (C=O) groups excluding carboxylic acids is 1. The average Bonchev–Trinajstić information content (AvgIpc) is 2.98. The topological polar surface area (TPSA) is 77.2 Å². The lowest BCUT2D eigenvalue weighted by Crippen LogP contribution is -2.47. The molecule has 1 saturated heterocycles. The lowest BCUT2D eigenvalue weighted by molar-refractivity contribution is -0.118. The third-order valence-electron chi connectivity index (χ3n) is 3.35. The van der Waals surface area contributed by atoms with Crippen molar-refractivity contribution in [2.45, 2.75) is 12.2 Å². The van der Waals surface area contributed by atoms with E-state index in [0.29, 0.717) is 10.7 Å². The zero-order valence-electron chi connectivity index (χ0n) is 11.9. The van der Waals surface area contributed by atoms with E-state index in [2.05, 4.69) is 42.9 Å². The molecule has 1 aliphatic heterocycles. The molecule has 23 heavy (non-hydrogen) atoms. The van der Waals surface area contributed by atoms with Crippen LogP contribution in [0.1, 0.15) is 0 Å². The molecule has 0 radical (unpaired) electrons. The number of nitrogens with one attached hydrogen (secondary N) is 5. The van der Waals surface area contributed by atoms with Gasteiger partial charge in [-0.15, -0.1) is 0 Å². The van der Waals surface area contributed by atoms with Gasteiger partial charge < -0.3 is 10.6 Å². The van der Waals surface area contributed by atoms with Crippen LogP contribution < -0.4 is 27.0 Å². The van der Waals surface area contributed by atoms with Crippen LogP contribution in [0.25, 0.3) is 0 Å². The molecule has 5 N–H and O–H groups in total. The number of hydrogen-bond donors (Lipinski definition) is 5. The lowest BCUT2D eigenvalue weighted by Gasteiger charge is -2.20. The Hall–Kier alpha value is -1.64. The highest BCUT2D eigenvalue weighted by Gasteiger charge is 2.33. The first kappa shape index (κ1) is 16.2. The second kappa shape index (κ2) is 7.29. The van der Waals surface area contributed by atoms with Crippen LogP contribution in [0.3, 0.4) is 0 Å². The normalized spacial score (nSPS) is 20.3. The van der Waals surface area contributed by atoms with Crippen LogP contribution in [0, 0.1) is 0 Å². The molecule has 1 amide bonds. The second-order valence-corrected chi connectivity index (χ2v) is 6.28. The largest absolute Gasteiger partial charge is 0.367 e. The van der Waals surface area contributed by atoms with Crippen LogP contribution in [0.4, 0.5) is 11.4 Å². The van der Waals surface area contributed by atoms with Crippen molar-refractivity contribution in [1.82, 2.24) is 16.4 Å². The van der Waals surface area contributed by atoms with Gasteiger partial charge in [-0.25, -0.2) is 10.9 Å². The van der Waals surface area contributed by atoms with Gasteiger partial charge in [-0.1, -0.05) is 29.8 Å². The summed E-state index contributed by atoms with van der Waals surface area (Å²) in [7, 11) is 0. The number of rotatable bonds is 4. The van der Waals surface area contributed by atoms with E-state index in [1.807, 2.05) is 36.4 Å². The Kier molecular flexibility index (Phi) is 5.14. The minimum atomic E-state index is -0.513. The Morgan fingerprint density at radius 3 is 2.74 bits per heavy atom. The first-order valence-electron chi connectivity index (χ1n) is 6.97. The Morgan fingerprint density at radius 1 is 1.13 bits per heavy atom. The zero-order chi connectivity index (χ0) is 16.2. The first-order chi connectivity index (χ1) is 11.1. The summed E-state index contributed by atoms with van der Waals surface area (Å²) >= 11 is 9.39. The summed E-state index contributed by atoms with van der Waals surface area (Å²) in [5, 5.41) is 6.73. The summed E-state index contributed by atoms with van der Waals surface area (Å²) in [6, 6.07) is 14.3. The van der Waals surface area contributed by atoms with Crippen molar-refractivity contribution in [3.05, 3.63) is 58.0 Å². The minimum absolute atomic E-state index is 0.172. The van der Waals surface area contributed by atoms with Gasteiger partial charge >= 0.3 is 0 Å². The maximum Gasteiger partial charge on any atom is 0.246 e. The minimum Gasteiger partial charge on any atom is -0.367 e. The quantitative estimate of drug-likeness (QED) is 0.549. The van der Waals surface area contributed by atoms with Crippen LogP contribution in [0.2, 0.25) is 5.02 Å². The third kappa shape index (κ3) is 4.01. The van der Waals surface area contributed by atoms with Gasteiger partial charge in [-0.05, 0) is 46.3 Å². The summed E-state index contributed by atoms with van der Waals surface area (Å²) in [5.41, 5.74) is 10.2. The molecule has 8 heteroatoms. The van der Waals surface area contributed by atoms with Gasteiger partial charge in [0.15, 0.2) is 0 Å². The molecular weight excluding hydrogens is 382 g/mol. The Labute approximate surface area is 147 Å². The van der Waals surface area contributed by atoms with Gasteiger partial charge in [-0.2, -0.15) is 5.53 Å². The van der Waals surface area contributed by atoms with Crippen molar-refractivity contribution < 1.29 is 4.79 Å². The standard InChI is InChI=1S/C15H15BrClN5O/c16-11-6-1-2-7-12(11)19-15(23)13-14(21-22-20-13)18-10-5-3-4-9(17)8-10/h1-8,13-14,18,20-22H,(H,19,23). The molecule has 6 nitrogen and oxygen atoms in total. The van der Waals surface area contributed by atoms with Crippen molar-refractivity contribution in [2.75, 3.05) is 10.6 Å². The van der Waals surface area contributed by atoms with E-state index in [0.717, 1.165) is 10.2 Å². The Morgan fingerprint density at radius 2 is 1.96 bits per heavy atom. The summed E-state index contributed by atoms with van der Waals surface area (Å²) < 4.78 is 0.826. The summed E-state index contributed by atoms with van der Waals surface area (Å²) in [4.78, 5) is 12.5. The maximum absolute atomic E-state index is 12.5. The highest BCUT2D eigenvalue weighted by molar-refractivity contribution is 9.10. The molecule has 2 aromatic carbocycles. The molecule has 0 aromatic heterocycles. The van der Waals surface area contributed by atoms with Crippen molar-refractivity contribution in [3.63, 3.8) is 0 Å². The number of amides is 1. The average molecular weight is 397 g/mol. The smallest absolute Gasteiger partial charge is 0.246 e. The Balaban J connectivity index is 1.69. The summed E-state index contributed by atoms with van der Waals surface area (Å²) in [5.74, 6) is -0.172. The molecule has 1 heterocycles. The number of carbonyl (C=O) groups is 1. The highest BCUT2D eigenvalue weighted by atomic mass is 79.9. The van der Waals surface area contributed by atoms with E-state index in [1.165, 1.54) is 0 Å². The molecular formula is C15H15BrClN5O. The van der Waals surface area contributed by atoms with Crippen molar-refractivity contribution in [3.8, 4) is 0 Å². The predicted molar refractivity (Wildman–Crippen MR) is 94.8 cm³/mol. The molecule has 120 valence electrons. The van der Waals surface area contributed by atoms with E-state index < -0.39 is 6.04 Å². The van der Waals surface area contributed by atoms with Crippen molar-refractivity contribution in [2.24, 2.45) is 0 Å². The van der Waals surface area contributed by atoms with Crippen LogP contribution >= 0.6 is 27.5 Å². The zero-order valence-corrected chi connectivity index (χ0v) is 14.3. The highest BCUT2D eigenvalue weighted by Crippen LogP contribution is 2.22. The van der Waals surface area contributed by atoms with Gasteiger partial charge in [0.1, 0.15) is 12.2 Å². The third-order valence-corrected chi connectivity index (χ3v) is 4.28. The fourth-order valence-electron chi connectivity index (χ4n) is 2.23. The number of halogens is 2. The lowest BCUT2D eigenvalue weighted by atomic mass is 10.2. The molecule has 0 aliphatic carbocycles. The van der Waals surface area contributed by atoms with E-state index in [4.69, 9.17) is 11.6 Å². The predicted octanol–water partition coefficient (Wildman–Crippen LogP) is 2.46. The molecule has 2 unspecified atom stereocenters. The molecule has 3 rings (SSSR count). The molecule has 0 spiro atoms. The van der Waals surface area contributed by atoms with Crippen LogP contribution in [-0.2, 0) is 4.79 Å². The Bertz CT molecular complexity index is 714. The van der Waals surface area contributed by atoms with E-state index in [1.54, 1.807) is 12.1 Å². The van der Waals surface area contributed by atoms with Crippen molar-refractivity contribution in [1.29, 1.82) is 0 Å². The summed E-state index contributed by atoms with van der Waals surface area (Å²) in [6.45, 7) is 0. The molecule has 1 fully saturated rings.